The van der Waals surface area contributed by atoms with E-state index in [1.165, 1.54) is 5.39 Å². The average Bonchev–Trinajstić information content (AvgIpc) is 3.61. The van der Waals surface area contributed by atoms with E-state index in [2.05, 4.69) is 97.1 Å². The number of nitrogens with zero attached hydrogens (tertiary/aromatic N) is 4. The van der Waals surface area contributed by atoms with E-state index in [9.17, 15) is 0 Å². The van der Waals surface area contributed by atoms with Gasteiger partial charge in [-0.3, -0.25) is 0 Å². The van der Waals surface area contributed by atoms with Crippen LogP contribution >= 0.6 is 0 Å². The van der Waals surface area contributed by atoms with Crippen molar-refractivity contribution in [3.8, 4) is 56.5 Å². The molecule has 10 rings (SSSR count). The SMILES string of the molecule is c1ccc(-c2nc(-c3ccccc3)nc(-c3cccc(-c4cccc5c4nc(-c4cccc6ccccc46)c4c6ccccc6oc54)c3)n2)cc1. The van der Waals surface area contributed by atoms with Crippen LogP contribution in [0.3, 0.4) is 0 Å². The van der Waals surface area contributed by atoms with Gasteiger partial charge in [0.2, 0.25) is 0 Å². The Bertz CT molecular complexity index is 2850. The predicted octanol–water partition coefficient (Wildman–Crippen LogP) is 11.8. The number of para-hydroxylation sites is 2. The largest absolute Gasteiger partial charge is 0.455 e. The van der Waals surface area contributed by atoms with E-state index in [1.807, 2.05) is 72.8 Å². The lowest BCUT2D eigenvalue weighted by molar-refractivity contribution is 0.672. The number of rotatable bonds is 5. The second-order valence-electron chi connectivity index (χ2n) is 12.6. The molecule has 0 aliphatic heterocycles. The summed E-state index contributed by atoms with van der Waals surface area (Å²) in [6.07, 6.45) is 0. The highest BCUT2D eigenvalue weighted by Gasteiger charge is 2.21. The number of aromatic nitrogens is 4. The zero-order valence-electron chi connectivity index (χ0n) is 27.4. The Hall–Kier alpha value is -6.98. The number of pyridine rings is 1. The number of furan rings is 1. The van der Waals surface area contributed by atoms with Crippen LogP contribution in [0, 0.1) is 0 Å². The van der Waals surface area contributed by atoms with Crippen LogP contribution in [0.15, 0.2) is 174 Å². The van der Waals surface area contributed by atoms with Gasteiger partial charge in [0.25, 0.3) is 0 Å². The van der Waals surface area contributed by atoms with Gasteiger partial charge in [-0.1, -0.05) is 152 Å². The molecule has 51 heavy (non-hydrogen) atoms. The van der Waals surface area contributed by atoms with Crippen molar-refractivity contribution in [2.75, 3.05) is 0 Å². The molecule has 0 N–H and O–H groups in total. The average molecular weight is 653 g/mol. The number of hydrogen-bond donors (Lipinski definition) is 0. The maximum atomic E-state index is 6.67. The van der Waals surface area contributed by atoms with Gasteiger partial charge in [0.05, 0.1) is 16.6 Å². The first kappa shape index (κ1) is 29.0. The highest BCUT2D eigenvalue weighted by Crippen LogP contribution is 2.43. The molecule has 0 radical (unpaired) electrons. The molecule has 0 saturated carbocycles. The van der Waals surface area contributed by atoms with Crippen LogP contribution < -0.4 is 0 Å². The predicted molar refractivity (Wildman–Crippen MR) is 207 cm³/mol. The molecule has 0 amide bonds. The van der Waals surface area contributed by atoms with E-state index in [0.717, 1.165) is 77.3 Å². The van der Waals surface area contributed by atoms with Crippen molar-refractivity contribution in [2.24, 2.45) is 0 Å². The molecule has 0 spiro atoms. The van der Waals surface area contributed by atoms with Crippen molar-refractivity contribution >= 4 is 43.6 Å². The lowest BCUT2D eigenvalue weighted by Crippen LogP contribution is -2.00. The molecule has 0 unspecified atom stereocenters. The minimum absolute atomic E-state index is 0.605. The Labute approximate surface area is 293 Å². The summed E-state index contributed by atoms with van der Waals surface area (Å²) >= 11 is 0. The fourth-order valence-electron chi connectivity index (χ4n) is 7.11. The molecular weight excluding hydrogens is 625 g/mol. The zero-order valence-corrected chi connectivity index (χ0v) is 27.4. The molecule has 238 valence electrons. The quantitative estimate of drug-likeness (QED) is 0.185. The smallest absolute Gasteiger partial charge is 0.164 e. The highest BCUT2D eigenvalue weighted by atomic mass is 16.3. The number of benzene rings is 7. The van der Waals surface area contributed by atoms with Crippen LogP contribution in [0.2, 0.25) is 0 Å². The van der Waals surface area contributed by atoms with Gasteiger partial charge >= 0.3 is 0 Å². The van der Waals surface area contributed by atoms with Gasteiger partial charge in [0, 0.05) is 38.6 Å². The van der Waals surface area contributed by atoms with Crippen molar-refractivity contribution in [3.05, 3.63) is 170 Å². The minimum Gasteiger partial charge on any atom is -0.455 e. The summed E-state index contributed by atoms with van der Waals surface area (Å²) in [5.74, 6) is 1.86. The van der Waals surface area contributed by atoms with Crippen molar-refractivity contribution < 1.29 is 4.42 Å². The highest BCUT2D eigenvalue weighted by molar-refractivity contribution is 6.22. The normalized spacial score (nSPS) is 11.5. The fourth-order valence-corrected chi connectivity index (χ4v) is 7.11. The molecule has 0 saturated heterocycles. The third-order valence-corrected chi connectivity index (χ3v) is 9.51. The van der Waals surface area contributed by atoms with Crippen molar-refractivity contribution in [1.29, 1.82) is 0 Å². The van der Waals surface area contributed by atoms with E-state index in [0.29, 0.717) is 17.5 Å². The summed E-state index contributed by atoms with van der Waals surface area (Å²) in [4.78, 5) is 20.4. The van der Waals surface area contributed by atoms with Crippen LogP contribution in [0.1, 0.15) is 0 Å². The first-order chi connectivity index (χ1) is 25.3. The van der Waals surface area contributed by atoms with Gasteiger partial charge in [-0.05, 0) is 34.5 Å². The van der Waals surface area contributed by atoms with Gasteiger partial charge in [-0.15, -0.1) is 0 Å². The summed E-state index contributed by atoms with van der Waals surface area (Å²) in [7, 11) is 0. The Morgan fingerprint density at radius 1 is 0.373 bits per heavy atom. The standard InChI is InChI=1S/C46H28N4O/c1-3-15-30(16-4-1)44-48-45(31-17-5-2-6-18-31)50-46(49-44)33-21-11-20-32(28-33)35-24-13-26-38-41(35)47-42(36-25-12-19-29-14-7-8-22-34(29)36)40-37-23-9-10-27-39(37)51-43(38)40/h1-28H. The second-order valence-corrected chi connectivity index (χ2v) is 12.6. The Kier molecular flexibility index (Phi) is 6.74. The molecule has 5 heteroatoms. The summed E-state index contributed by atoms with van der Waals surface area (Å²) < 4.78 is 6.67. The summed E-state index contributed by atoms with van der Waals surface area (Å²) in [6, 6.07) is 57.9. The summed E-state index contributed by atoms with van der Waals surface area (Å²) in [6.45, 7) is 0. The third kappa shape index (κ3) is 4.94. The van der Waals surface area contributed by atoms with Gasteiger partial charge in [0.1, 0.15) is 11.2 Å². The van der Waals surface area contributed by atoms with Crippen molar-refractivity contribution in [1.82, 2.24) is 19.9 Å². The first-order valence-corrected chi connectivity index (χ1v) is 17.0. The number of fused-ring (bicyclic) bond motifs is 6. The van der Waals surface area contributed by atoms with E-state index in [-0.39, 0.29) is 0 Å². The fraction of sp³-hybridized carbons (Fsp3) is 0. The van der Waals surface area contributed by atoms with Crippen LogP contribution in [-0.4, -0.2) is 19.9 Å². The first-order valence-electron chi connectivity index (χ1n) is 17.0. The summed E-state index contributed by atoms with van der Waals surface area (Å²) in [5.41, 5.74) is 9.28. The van der Waals surface area contributed by atoms with Crippen LogP contribution in [-0.2, 0) is 0 Å². The molecule has 10 aromatic rings. The monoisotopic (exact) mass is 652 g/mol. The van der Waals surface area contributed by atoms with Gasteiger partial charge in [0.15, 0.2) is 17.5 Å². The zero-order chi connectivity index (χ0) is 33.7. The Morgan fingerprint density at radius 2 is 0.902 bits per heavy atom. The molecule has 7 aromatic carbocycles. The minimum atomic E-state index is 0.605. The summed E-state index contributed by atoms with van der Waals surface area (Å²) in [5, 5.41) is 5.35. The molecule has 0 bridgehead atoms. The Morgan fingerprint density at radius 3 is 1.67 bits per heavy atom. The Balaban J connectivity index is 1.21. The lowest BCUT2D eigenvalue weighted by Gasteiger charge is -2.13. The maximum absolute atomic E-state index is 6.67. The molecule has 0 atom stereocenters. The molecule has 0 aliphatic carbocycles. The van der Waals surface area contributed by atoms with Crippen LogP contribution in [0.4, 0.5) is 0 Å². The van der Waals surface area contributed by atoms with Gasteiger partial charge < -0.3 is 4.42 Å². The number of hydrogen-bond acceptors (Lipinski definition) is 5. The molecular formula is C46H28N4O. The van der Waals surface area contributed by atoms with E-state index >= 15 is 0 Å². The van der Waals surface area contributed by atoms with Gasteiger partial charge in [-0.25, -0.2) is 19.9 Å². The molecule has 3 heterocycles. The second kappa shape index (κ2) is 11.9. The van der Waals surface area contributed by atoms with E-state index < -0.39 is 0 Å². The molecule has 5 nitrogen and oxygen atoms in total. The third-order valence-electron chi connectivity index (χ3n) is 9.51. The van der Waals surface area contributed by atoms with Crippen molar-refractivity contribution in [2.45, 2.75) is 0 Å². The van der Waals surface area contributed by atoms with Crippen LogP contribution in [0.5, 0.6) is 0 Å². The molecule has 0 fully saturated rings. The maximum Gasteiger partial charge on any atom is 0.164 e. The van der Waals surface area contributed by atoms with Gasteiger partial charge in [-0.2, -0.15) is 0 Å². The van der Waals surface area contributed by atoms with E-state index in [4.69, 9.17) is 24.4 Å². The molecule has 0 aliphatic rings. The van der Waals surface area contributed by atoms with E-state index in [1.54, 1.807) is 0 Å². The topological polar surface area (TPSA) is 64.7 Å². The van der Waals surface area contributed by atoms with Crippen LogP contribution in [0.25, 0.3) is 100 Å². The van der Waals surface area contributed by atoms with Crippen molar-refractivity contribution in [3.63, 3.8) is 0 Å². The lowest BCUT2D eigenvalue weighted by atomic mass is 9.95. The molecule has 3 aromatic heterocycles.